The predicted molar refractivity (Wildman–Crippen MR) is 291 cm³/mol. The van der Waals surface area contributed by atoms with Crippen LogP contribution in [0.4, 0.5) is 4.39 Å². The Balaban J connectivity index is 0.000000286. The molecule has 11 aromatic rings. The zero-order valence-electron chi connectivity index (χ0n) is 41.6. The normalized spacial score (nSPS) is 12.1. The summed E-state index contributed by atoms with van der Waals surface area (Å²) in [6.07, 6.45) is 1.95. The molecule has 0 saturated carbocycles. The zero-order chi connectivity index (χ0) is 48.4. The van der Waals surface area contributed by atoms with Gasteiger partial charge in [-0.1, -0.05) is 132 Å². The Morgan fingerprint density at radius 1 is 0.657 bits per heavy atom. The van der Waals surface area contributed by atoms with Crippen LogP contribution in [0.1, 0.15) is 77.0 Å². The SMILES string of the molecule is CC(C)c1cc(-c2ccc(C(C)(C)C)cc2)cc(C(C)C)c1-n1c(-c2[c-]ccc3c2oc2cc4c(ccc5ccccc54)cc23)nc2ccccc21.[CH3][Ge]([CH3])([CH3])[c]1ccc(-c2[c-]cc(F)cc2)nc1.[Ir]. The minimum absolute atomic E-state index is 0. The molecule has 0 aliphatic carbocycles. The summed E-state index contributed by atoms with van der Waals surface area (Å²) in [4.78, 5) is 9.80. The Bertz CT molecular complexity index is 3660. The van der Waals surface area contributed by atoms with Gasteiger partial charge in [0.2, 0.25) is 0 Å². The van der Waals surface area contributed by atoms with Crippen molar-refractivity contribution >= 4 is 72.2 Å². The van der Waals surface area contributed by atoms with Crippen LogP contribution in [0.5, 0.6) is 0 Å². The molecule has 0 bridgehead atoms. The zero-order valence-corrected chi connectivity index (χ0v) is 46.1. The van der Waals surface area contributed by atoms with Gasteiger partial charge < -0.3 is 8.98 Å². The standard InChI is InChI=1S/C49H43N2O.C14H15FGeN.Ir/c1-29(2)39-26-34(31-21-23-35(24-22-31)49(5,6)7)27-40(30(3)4)46(39)51-44-18-11-10-17-43(44)50-48(51)38-16-12-15-37-42-25-33-20-19-32-13-8-9-14-36(32)41(33)28-45(42)52-47(37)38;1-16(2,3)13-8-9-14(17-10-13)11-4-6-12(15)7-5-11;/h8-15,17-30H,1-7H3;4,6-10H,1-3H3;/q2*-1;. The maximum atomic E-state index is 12.8. The topological polar surface area (TPSA) is 43.9 Å². The van der Waals surface area contributed by atoms with Gasteiger partial charge in [0.05, 0.1) is 22.4 Å². The van der Waals surface area contributed by atoms with Gasteiger partial charge in [0, 0.05) is 31.2 Å². The van der Waals surface area contributed by atoms with Crippen molar-refractivity contribution in [1.82, 2.24) is 14.5 Å². The molecule has 0 fully saturated rings. The number of fused-ring (bicyclic) bond motifs is 7. The summed E-state index contributed by atoms with van der Waals surface area (Å²) in [5.74, 6) is 8.11. The third kappa shape index (κ3) is 9.30. The molecule has 11 rings (SSSR count). The van der Waals surface area contributed by atoms with Crippen LogP contribution in [0.2, 0.25) is 17.3 Å². The number of halogens is 1. The van der Waals surface area contributed by atoms with E-state index in [0.29, 0.717) is 0 Å². The molecule has 0 spiro atoms. The van der Waals surface area contributed by atoms with E-state index in [-0.39, 0.29) is 43.2 Å². The van der Waals surface area contributed by atoms with Crippen LogP contribution in [-0.2, 0) is 25.5 Å². The molecule has 7 heteroatoms. The Morgan fingerprint density at radius 3 is 2.01 bits per heavy atom. The van der Waals surface area contributed by atoms with E-state index in [9.17, 15) is 4.39 Å². The quantitative estimate of drug-likeness (QED) is 0.0907. The molecule has 0 aliphatic rings. The fraction of sp³-hybridized carbons (Fsp3) is 0.206. The average molecular weight is 1160 g/mol. The van der Waals surface area contributed by atoms with Gasteiger partial charge in [-0.05, 0) is 103 Å². The summed E-state index contributed by atoms with van der Waals surface area (Å²) >= 11 is -1.79. The Hall–Kier alpha value is -6.18. The third-order valence-corrected chi connectivity index (χ3v) is 17.7. The number of imidazole rings is 1. The van der Waals surface area contributed by atoms with Crippen LogP contribution in [0, 0.1) is 17.9 Å². The van der Waals surface area contributed by atoms with Gasteiger partial charge >= 0.3 is 104 Å². The maximum Gasteiger partial charge on any atom is 0 e. The van der Waals surface area contributed by atoms with E-state index in [2.05, 4.69) is 209 Å². The summed E-state index contributed by atoms with van der Waals surface area (Å²) < 4.78 is 23.4. The number of nitrogens with zero attached hydrogens (tertiary/aromatic N) is 3. The van der Waals surface area contributed by atoms with Gasteiger partial charge in [-0.25, -0.2) is 0 Å². The largest absolute Gasteiger partial charge is 0 e. The van der Waals surface area contributed by atoms with Crippen LogP contribution in [0.3, 0.4) is 0 Å². The van der Waals surface area contributed by atoms with Crippen LogP contribution in [0.25, 0.3) is 94.0 Å². The van der Waals surface area contributed by atoms with Crippen LogP contribution < -0.4 is 4.40 Å². The summed E-state index contributed by atoms with van der Waals surface area (Å²) in [6, 6.07) is 59.1. The number of benzene rings is 8. The first-order valence-corrected chi connectivity index (χ1v) is 31.5. The van der Waals surface area contributed by atoms with Crippen molar-refractivity contribution in [3.8, 4) is 39.5 Å². The molecule has 8 aromatic carbocycles. The molecule has 0 amide bonds. The van der Waals surface area contributed by atoms with Gasteiger partial charge in [0.25, 0.3) is 0 Å². The summed E-state index contributed by atoms with van der Waals surface area (Å²) in [5.41, 5.74) is 13.9. The van der Waals surface area contributed by atoms with Crippen molar-refractivity contribution in [2.45, 2.75) is 83.0 Å². The van der Waals surface area contributed by atoms with Crippen LogP contribution in [0.15, 0.2) is 162 Å². The van der Waals surface area contributed by atoms with Crippen molar-refractivity contribution in [2.75, 3.05) is 0 Å². The number of rotatable bonds is 7. The van der Waals surface area contributed by atoms with Gasteiger partial charge in [-0.3, -0.25) is 4.98 Å². The van der Waals surface area contributed by atoms with Crippen molar-refractivity contribution in [2.24, 2.45) is 0 Å². The van der Waals surface area contributed by atoms with Gasteiger partial charge in [-0.15, -0.1) is 18.2 Å². The van der Waals surface area contributed by atoms with Gasteiger partial charge in [0.15, 0.2) is 0 Å². The Kier molecular flexibility index (Phi) is 13.4. The van der Waals surface area contributed by atoms with E-state index in [1.165, 1.54) is 71.6 Å². The van der Waals surface area contributed by atoms with Gasteiger partial charge in [0.1, 0.15) is 5.58 Å². The third-order valence-electron chi connectivity index (χ3n) is 13.5. The van der Waals surface area contributed by atoms with Crippen LogP contribution >= 0.6 is 0 Å². The van der Waals surface area contributed by atoms with E-state index >= 15 is 0 Å². The molecule has 4 nitrogen and oxygen atoms in total. The van der Waals surface area contributed by atoms with E-state index in [1.54, 1.807) is 6.07 Å². The van der Waals surface area contributed by atoms with Crippen molar-refractivity contribution in [3.63, 3.8) is 0 Å². The fourth-order valence-corrected chi connectivity index (χ4v) is 11.7. The predicted octanol–water partition coefficient (Wildman–Crippen LogP) is 17.1. The molecule has 1 radical (unpaired) electrons. The van der Waals surface area contributed by atoms with E-state index < -0.39 is 13.3 Å². The van der Waals surface area contributed by atoms with E-state index in [1.807, 2.05) is 18.3 Å². The average Bonchev–Trinajstić information content (AvgIpc) is 3.91. The molecule has 0 aliphatic heterocycles. The van der Waals surface area contributed by atoms with Gasteiger partial charge in [-0.2, -0.15) is 0 Å². The second-order valence-corrected chi connectivity index (χ2v) is 31.7. The first-order chi connectivity index (χ1) is 33.0. The first kappa shape index (κ1) is 48.8. The molecular weight excluding hydrogens is 1100 g/mol. The molecule has 3 aromatic heterocycles. The molecule has 0 unspecified atom stereocenters. The Morgan fingerprint density at radius 2 is 1.36 bits per heavy atom. The molecule has 0 N–H and O–H groups in total. The number of pyridine rings is 1. The molecule has 0 atom stereocenters. The summed E-state index contributed by atoms with van der Waals surface area (Å²) in [6.45, 7) is 16.0. The number of furan rings is 1. The molecule has 353 valence electrons. The molecular formula is C63H58FGeIrN3O-2. The van der Waals surface area contributed by atoms with Crippen LogP contribution in [-0.4, -0.2) is 27.8 Å². The maximum absolute atomic E-state index is 12.8. The fourth-order valence-electron chi connectivity index (χ4n) is 9.54. The smallest absolute Gasteiger partial charge is 0 e. The Labute approximate surface area is 427 Å². The number of hydrogen-bond acceptors (Lipinski definition) is 3. The molecule has 70 heavy (non-hydrogen) atoms. The molecule has 3 heterocycles. The summed E-state index contributed by atoms with van der Waals surface area (Å²) in [7, 11) is 0. The second-order valence-electron chi connectivity index (χ2n) is 21.1. The second kappa shape index (κ2) is 19.2. The van der Waals surface area contributed by atoms with Crippen molar-refractivity contribution in [3.05, 3.63) is 192 Å². The summed E-state index contributed by atoms with van der Waals surface area (Å²) in [5, 5.41) is 7.02. The number of aromatic nitrogens is 3. The monoisotopic (exact) mass is 1160 g/mol. The van der Waals surface area contributed by atoms with E-state index in [0.717, 1.165) is 55.6 Å². The first-order valence-electron chi connectivity index (χ1n) is 24.1. The number of hydrogen-bond donors (Lipinski definition) is 0. The minimum Gasteiger partial charge on any atom is 0 e. The van der Waals surface area contributed by atoms with Crippen molar-refractivity contribution < 1.29 is 28.9 Å². The number of para-hydroxylation sites is 2. The van der Waals surface area contributed by atoms with Crippen molar-refractivity contribution in [1.29, 1.82) is 0 Å². The molecule has 0 saturated heterocycles. The minimum atomic E-state index is -1.79. The van der Waals surface area contributed by atoms with E-state index in [4.69, 9.17) is 9.40 Å².